The third kappa shape index (κ3) is 6.37. The lowest BCUT2D eigenvalue weighted by atomic mass is 9.83. The Morgan fingerprint density at radius 3 is 1.48 bits per heavy atom. The largest absolute Gasteiger partial charge is 0.403 e. The SMILES string of the molecule is C/C=C\C(=C/N)n1c2ccc(-c3ccc(C(C)(C)C)cc3)cc2c2cc3c(cc21)-c1ccc2c4cc(-c5ccc(C(C)(C)C)cc5)ccc4n(C(/C=C\C)=C/N)c2c1CC3. The molecule has 0 saturated heterocycles. The van der Waals surface area contributed by atoms with Crippen LogP contribution < -0.4 is 11.5 Å². The molecule has 1 aliphatic rings. The van der Waals surface area contributed by atoms with Crippen LogP contribution in [0.25, 0.3) is 88.4 Å². The van der Waals surface area contributed by atoms with Gasteiger partial charge in [0, 0.05) is 33.9 Å². The summed E-state index contributed by atoms with van der Waals surface area (Å²) in [5, 5.41) is 4.93. The van der Waals surface area contributed by atoms with Crippen molar-refractivity contribution in [3.05, 3.63) is 168 Å². The second kappa shape index (κ2) is 14.6. The number of allylic oxidation sites excluding steroid dienone is 6. The number of rotatable bonds is 6. The first kappa shape index (κ1) is 39.0. The molecule has 0 amide bonds. The number of aryl methyl sites for hydroxylation is 2. The number of fused-ring (bicyclic) bond motifs is 10. The molecule has 0 saturated carbocycles. The molecule has 4 heteroatoms. The van der Waals surface area contributed by atoms with Gasteiger partial charge in [-0.3, -0.25) is 0 Å². The molecule has 0 aliphatic heterocycles. The van der Waals surface area contributed by atoms with Crippen molar-refractivity contribution in [3.8, 4) is 33.4 Å². The van der Waals surface area contributed by atoms with Gasteiger partial charge in [-0.2, -0.15) is 0 Å². The van der Waals surface area contributed by atoms with Gasteiger partial charge in [0.15, 0.2) is 0 Å². The minimum Gasteiger partial charge on any atom is -0.403 e. The maximum Gasteiger partial charge on any atom is 0.0613 e. The van der Waals surface area contributed by atoms with Gasteiger partial charge in [-0.25, -0.2) is 0 Å². The summed E-state index contributed by atoms with van der Waals surface area (Å²) >= 11 is 0. The first-order valence-electron chi connectivity index (χ1n) is 21.4. The number of hydrogen-bond acceptors (Lipinski definition) is 2. The maximum atomic E-state index is 6.45. The average molecular weight is 785 g/mol. The van der Waals surface area contributed by atoms with Crippen molar-refractivity contribution in [3.63, 3.8) is 0 Å². The average Bonchev–Trinajstić information content (AvgIpc) is 3.75. The Morgan fingerprint density at radius 1 is 0.483 bits per heavy atom. The van der Waals surface area contributed by atoms with Gasteiger partial charge in [-0.1, -0.05) is 126 Å². The van der Waals surface area contributed by atoms with E-state index in [9.17, 15) is 0 Å². The molecule has 0 unspecified atom stereocenters. The van der Waals surface area contributed by atoms with Crippen LogP contribution in [-0.2, 0) is 23.7 Å². The van der Waals surface area contributed by atoms with E-state index in [1.54, 1.807) is 12.4 Å². The van der Waals surface area contributed by atoms with Crippen molar-refractivity contribution in [1.82, 2.24) is 9.13 Å². The summed E-state index contributed by atoms with van der Waals surface area (Å²) in [5.41, 5.74) is 32.4. The molecule has 8 aromatic rings. The van der Waals surface area contributed by atoms with Gasteiger partial charge in [-0.15, -0.1) is 0 Å². The van der Waals surface area contributed by atoms with Crippen LogP contribution >= 0.6 is 0 Å². The van der Waals surface area contributed by atoms with Crippen molar-refractivity contribution < 1.29 is 0 Å². The summed E-state index contributed by atoms with van der Waals surface area (Å²) in [6, 6.07) is 41.4. The van der Waals surface area contributed by atoms with Crippen molar-refractivity contribution in [2.24, 2.45) is 11.5 Å². The molecule has 9 rings (SSSR count). The predicted octanol–water partition coefficient (Wildman–Crippen LogP) is 14.3. The highest BCUT2D eigenvalue weighted by Crippen LogP contribution is 2.46. The van der Waals surface area contributed by atoms with E-state index in [-0.39, 0.29) is 10.8 Å². The number of nitrogens with two attached hydrogens (primary N) is 2. The van der Waals surface area contributed by atoms with Gasteiger partial charge in [-0.05, 0) is 142 Å². The maximum absolute atomic E-state index is 6.45. The van der Waals surface area contributed by atoms with Crippen LogP contribution in [0.4, 0.5) is 0 Å². The molecule has 0 atom stereocenters. The summed E-state index contributed by atoms with van der Waals surface area (Å²) in [4.78, 5) is 0. The zero-order chi connectivity index (χ0) is 42.1. The quantitative estimate of drug-likeness (QED) is 0.165. The highest BCUT2D eigenvalue weighted by molar-refractivity contribution is 6.16. The number of nitrogens with zero attached hydrogens (tertiary/aromatic N) is 2. The summed E-state index contributed by atoms with van der Waals surface area (Å²) in [6.45, 7) is 17.7. The van der Waals surface area contributed by atoms with Crippen molar-refractivity contribution in [2.75, 3.05) is 0 Å². The first-order valence-corrected chi connectivity index (χ1v) is 21.4. The van der Waals surface area contributed by atoms with Gasteiger partial charge in [0.25, 0.3) is 0 Å². The molecule has 2 aromatic heterocycles. The Hall–Kier alpha value is -6.52. The second-order valence-electron chi connectivity index (χ2n) is 18.5. The van der Waals surface area contributed by atoms with Gasteiger partial charge < -0.3 is 20.6 Å². The lowest BCUT2D eigenvalue weighted by Crippen LogP contribution is -2.10. The van der Waals surface area contributed by atoms with Gasteiger partial charge in [0.2, 0.25) is 0 Å². The Kier molecular flexibility index (Phi) is 9.51. The summed E-state index contributed by atoms with van der Waals surface area (Å²) in [7, 11) is 0. The number of aromatic nitrogens is 2. The lowest BCUT2D eigenvalue weighted by Gasteiger charge is -2.23. The van der Waals surface area contributed by atoms with Crippen LogP contribution in [0.1, 0.15) is 77.6 Å². The monoisotopic (exact) mass is 784 g/mol. The molecule has 0 bridgehead atoms. The molecule has 6 aromatic carbocycles. The number of benzene rings is 6. The van der Waals surface area contributed by atoms with E-state index in [1.165, 1.54) is 82.7 Å². The van der Waals surface area contributed by atoms with Crippen molar-refractivity contribution in [2.45, 2.75) is 79.1 Å². The molecule has 4 N–H and O–H groups in total. The van der Waals surface area contributed by atoms with Crippen LogP contribution in [-0.4, -0.2) is 9.13 Å². The first-order chi connectivity index (χ1) is 28.8. The Bertz CT molecular complexity index is 3040. The topological polar surface area (TPSA) is 61.9 Å². The minimum absolute atomic E-state index is 0.104. The molecule has 300 valence electrons. The van der Waals surface area contributed by atoms with Crippen LogP contribution in [0.15, 0.2) is 146 Å². The van der Waals surface area contributed by atoms with E-state index in [4.69, 9.17) is 11.5 Å². The fourth-order valence-corrected chi connectivity index (χ4v) is 9.49. The summed E-state index contributed by atoms with van der Waals surface area (Å²) < 4.78 is 4.71. The molecule has 2 heterocycles. The molecule has 0 fully saturated rings. The van der Waals surface area contributed by atoms with Gasteiger partial charge in [0.1, 0.15) is 0 Å². The highest BCUT2D eigenvalue weighted by atomic mass is 15.0. The number of hydrogen-bond donors (Lipinski definition) is 2. The molecule has 60 heavy (non-hydrogen) atoms. The molecule has 0 spiro atoms. The van der Waals surface area contributed by atoms with Crippen LogP contribution in [0.5, 0.6) is 0 Å². The Balaban J connectivity index is 1.26. The zero-order valence-electron chi connectivity index (χ0n) is 36.3. The zero-order valence-corrected chi connectivity index (χ0v) is 36.3. The smallest absolute Gasteiger partial charge is 0.0613 e. The van der Waals surface area contributed by atoms with Gasteiger partial charge >= 0.3 is 0 Å². The minimum atomic E-state index is 0.104. The van der Waals surface area contributed by atoms with E-state index in [1.807, 2.05) is 6.92 Å². The second-order valence-corrected chi connectivity index (χ2v) is 18.5. The summed E-state index contributed by atoms with van der Waals surface area (Å²) in [6.07, 6.45) is 13.7. The Morgan fingerprint density at radius 2 is 0.967 bits per heavy atom. The van der Waals surface area contributed by atoms with Crippen LogP contribution in [0.2, 0.25) is 0 Å². The normalized spacial score (nSPS) is 14.1. The fourth-order valence-electron chi connectivity index (χ4n) is 9.49. The van der Waals surface area contributed by atoms with Gasteiger partial charge in [0.05, 0.1) is 33.5 Å². The van der Waals surface area contributed by atoms with Crippen LogP contribution in [0, 0.1) is 0 Å². The standard InChI is InChI=1S/C56H56N4/c1-9-11-42(33-57)59-51-27-18-38(36-15-22-41(23-16-36)56(6,7)8)30-49(51)50-31-39-17-24-45-44(47(39)32-53(50)59)25-26-46-48-29-37(35-13-20-40(21-14-35)55(3,4)5)19-28-52(48)60(54(45)46)43(34-58)12-10-2/h9-16,18-23,25-34H,17,24,57-58H2,1-8H3/b11-9-,12-10-,42-33+,43-34+. The van der Waals surface area contributed by atoms with E-state index < -0.39 is 0 Å². The third-order valence-electron chi connectivity index (χ3n) is 12.7. The Labute approximate surface area is 354 Å². The van der Waals surface area contributed by atoms with E-state index in [2.05, 4.69) is 191 Å². The highest BCUT2D eigenvalue weighted by Gasteiger charge is 2.26. The van der Waals surface area contributed by atoms with E-state index in [0.717, 1.165) is 40.8 Å². The van der Waals surface area contributed by atoms with E-state index in [0.29, 0.717) is 0 Å². The van der Waals surface area contributed by atoms with E-state index >= 15 is 0 Å². The molecule has 1 aliphatic carbocycles. The fraction of sp³-hybridized carbons (Fsp3) is 0.214. The third-order valence-corrected chi connectivity index (χ3v) is 12.7. The molecular weight excluding hydrogens is 729 g/mol. The lowest BCUT2D eigenvalue weighted by molar-refractivity contribution is 0.590. The van der Waals surface area contributed by atoms with Crippen molar-refractivity contribution in [1.29, 1.82) is 0 Å². The van der Waals surface area contributed by atoms with Crippen molar-refractivity contribution >= 4 is 55.0 Å². The predicted molar refractivity (Wildman–Crippen MR) is 260 cm³/mol. The summed E-state index contributed by atoms with van der Waals surface area (Å²) in [5.74, 6) is 0. The van der Waals surface area contributed by atoms with Crippen LogP contribution in [0.3, 0.4) is 0 Å². The molecule has 4 nitrogen and oxygen atoms in total. The molecular formula is C56H56N4. The molecule has 0 radical (unpaired) electrons.